The Morgan fingerprint density at radius 1 is 0.492 bits per heavy atom. The monoisotopic (exact) mass is 830 g/mol. The Morgan fingerprint density at radius 2 is 0.864 bits per heavy atom. The van der Waals surface area contributed by atoms with Crippen molar-refractivity contribution in [1.82, 2.24) is 5.32 Å². The molecule has 3 N–H and O–H groups in total. The molecule has 6 heteroatoms. The third-order valence-corrected chi connectivity index (χ3v) is 11.7. The molecule has 0 aliphatic carbocycles. The van der Waals surface area contributed by atoms with Crippen LogP contribution in [0.15, 0.2) is 36.5 Å². The Kier molecular flexibility index (Phi) is 45.6. The minimum absolute atomic E-state index is 0.0550. The first-order valence-corrected chi connectivity index (χ1v) is 25.7. The largest absolute Gasteiger partial charge is 0.462 e. The standard InChI is InChI=1S/C53H99NO5/c1-4-7-10-13-16-19-21-23-25-27-29-31-34-36-39-42-45-51(56)50(48-55)54-52(57)47-49(59-53(58)46-43-40-37-32-18-15-12-9-6-3)44-41-38-35-33-30-28-26-24-22-20-17-14-11-8-5-2/h17,20,24,26,30,33,49-51,55-56H,4-16,18-19,21-23,25,27-29,31-32,34-48H2,1-3H3,(H,54,57)/b20-17-,26-24-,33-30-. The summed E-state index contributed by atoms with van der Waals surface area (Å²) in [6, 6.07) is -0.710. The minimum atomic E-state index is -0.795. The van der Waals surface area contributed by atoms with Gasteiger partial charge in [0.15, 0.2) is 0 Å². The number of hydrogen-bond donors (Lipinski definition) is 3. The van der Waals surface area contributed by atoms with E-state index in [0.717, 1.165) is 70.6 Å². The van der Waals surface area contributed by atoms with Crippen LogP contribution in [0.1, 0.15) is 265 Å². The quantitative estimate of drug-likeness (QED) is 0.0323. The van der Waals surface area contributed by atoms with Gasteiger partial charge in [0.1, 0.15) is 6.10 Å². The molecule has 0 fully saturated rings. The Hall–Kier alpha value is -1.92. The summed E-state index contributed by atoms with van der Waals surface area (Å²) in [4.78, 5) is 26.0. The molecule has 0 saturated heterocycles. The van der Waals surface area contributed by atoms with Crippen LogP contribution in [0.2, 0.25) is 0 Å². The molecule has 0 heterocycles. The maximum absolute atomic E-state index is 13.2. The van der Waals surface area contributed by atoms with E-state index in [0.29, 0.717) is 19.3 Å². The molecule has 6 nitrogen and oxygen atoms in total. The summed E-state index contributed by atoms with van der Waals surface area (Å²) in [6.45, 7) is 6.44. The topological polar surface area (TPSA) is 95.9 Å². The molecule has 1 amide bonds. The lowest BCUT2D eigenvalue weighted by molar-refractivity contribution is -0.151. The highest BCUT2D eigenvalue weighted by Crippen LogP contribution is 2.17. The number of allylic oxidation sites excluding steroid dienone is 6. The van der Waals surface area contributed by atoms with Crippen LogP contribution in [0.4, 0.5) is 0 Å². The molecule has 3 unspecified atom stereocenters. The van der Waals surface area contributed by atoms with E-state index in [-0.39, 0.29) is 24.9 Å². The maximum atomic E-state index is 13.2. The lowest BCUT2D eigenvalue weighted by atomic mass is 10.0. The molecule has 3 atom stereocenters. The first-order chi connectivity index (χ1) is 29.0. The van der Waals surface area contributed by atoms with Crippen LogP contribution in [0.25, 0.3) is 0 Å². The molecule has 346 valence electrons. The second-order valence-corrected chi connectivity index (χ2v) is 17.6. The molecule has 0 saturated carbocycles. The van der Waals surface area contributed by atoms with Gasteiger partial charge in [-0.05, 0) is 64.2 Å². The fraction of sp³-hybridized carbons (Fsp3) is 0.849. The Morgan fingerprint density at radius 3 is 1.32 bits per heavy atom. The molecule has 0 spiro atoms. The van der Waals surface area contributed by atoms with Gasteiger partial charge in [-0.15, -0.1) is 0 Å². The van der Waals surface area contributed by atoms with E-state index in [1.165, 1.54) is 148 Å². The summed E-state index contributed by atoms with van der Waals surface area (Å²) in [5, 5.41) is 23.8. The highest BCUT2D eigenvalue weighted by molar-refractivity contribution is 5.77. The van der Waals surface area contributed by atoms with Gasteiger partial charge in [-0.3, -0.25) is 9.59 Å². The second kappa shape index (κ2) is 47.1. The lowest BCUT2D eigenvalue weighted by Crippen LogP contribution is -2.46. The fourth-order valence-corrected chi connectivity index (χ4v) is 7.79. The molecular weight excluding hydrogens is 731 g/mol. The predicted molar refractivity (Wildman–Crippen MR) is 255 cm³/mol. The van der Waals surface area contributed by atoms with E-state index in [4.69, 9.17) is 4.74 Å². The van der Waals surface area contributed by atoms with Crippen LogP contribution in [0.3, 0.4) is 0 Å². The third kappa shape index (κ3) is 42.6. The van der Waals surface area contributed by atoms with E-state index in [1.807, 2.05) is 0 Å². The molecule has 0 radical (unpaired) electrons. The molecule has 0 aliphatic heterocycles. The summed E-state index contributed by atoms with van der Waals surface area (Å²) in [5.41, 5.74) is 0. The van der Waals surface area contributed by atoms with Gasteiger partial charge in [-0.25, -0.2) is 0 Å². The number of rotatable bonds is 46. The van der Waals surface area contributed by atoms with Crippen molar-refractivity contribution in [3.8, 4) is 0 Å². The number of amides is 1. The zero-order valence-corrected chi connectivity index (χ0v) is 39.4. The summed E-state index contributed by atoms with van der Waals surface area (Å²) < 4.78 is 5.89. The zero-order valence-electron chi connectivity index (χ0n) is 39.4. The first kappa shape index (κ1) is 57.1. The van der Waals surface area contributed by atoms with Gasteiger partial charge in [0, 0.05) is 6.42 Å². The van der Waals surface area contributed by atoms with E-state index in [9.17, 15) is 19.8 Å². The number of carbonyl (C=O) groups is 2. The van der Waals surface area contributed by atoms with Crippen LogP contribution >= 0.6 is 0 Å². The summed E-state index contributed by atoms with van der Waals surface area (Å²) in [7, 11) is 0. The second-order valence-electron chi connectivity index (χ2n) is 17.6. The molecule has 0 aliphatic rings. The average molecular weight is 830 g/mol. The van der Waals surface area contributed by atoms with E-state index < -0.39 is 18.2 Å². The smallest absolute Gasteiger partial charge is 0.306 e. The van der Waals surface area contributed by atoms with E-state index >= 15 is 0 Å². The maximum Gasteiger partial charge on any atom is 0.306 e. The molecule has 0 bridgehead atoms. The number of ether oxygens (including phenoxy) is 1. The van der Waals surface area contributed by atoms with Crippen molar-refractivity contribution in [2.24, 2.45) is 0 Å². The van der Waals surface area contributed by atoms with Crippen molar-refractivity contribution in [2.45, 2.75) is 283 Å². The van der Waals surface area contributed by atoms with Crippen LogP contribution in [0.5, 0.6) is 0 Å². The number of esters is 1. The third-order valence-electron chi connectivity index (χ3n) is 11.7. The van der Waals surface area contributed by atoms with Crippen LogP contribution in [0, 0.1) is 0 Å². The lowest BCUT2D eigenvalue weighted by Gasteiger charge is -2.24. The molecule has 59 heavy (non-hydrogen) atoms. The highest BCUT2D eigenvalue weighted by atomic mass is 16.5. The van der Waals surface area contributed by atoms with Crippen LogP contribution in [-0.4, -0.2) is 46.9 Å². The first-order valence-electron chi connectivity index (χ1n) is 25.7. The number of aliphatic hydroxyl groups is 2. The highest BCUT2D eigenvalue weighted by Gasteiger charge is 2.24. The minimum Gasteiger partial charge on any atom is -0.462 e. The van der Waals surface area contributed by atoms with Gasteiger partial charge in [-0.2, -0.15) is 0 Å². The molecule has 0 aromatic heterocycles. The Bertz CT molecular complexity index is 977. The zero-order chi connectivity index (χ0) is 43.1. The summed E-state index contributed by atoms with van der Waals surface area (Å²) in [5.74, 6) is -0.506. The van der Waals surface area contributed by atoms with E-state index in [2.05, 4.69) is 62.5 Å². The molecular formula is C53H99NO5. The normalized spacial score (nSPS) is 13.5. The fourth-order valence-electron chi connectivity index (χ4n) is 7.79. The summed E-state index contributed by atoms with van der Waals surface area (Å²) in [6.07, 6.45) is 54.9. The van der Waals surface area contributed by atoms with Crippen LogP contribution in [-0.2, 0) is 14.3 Å². The van der Waals surface area contributed by atoms with Crippen molar-refractivity contribution in [1.29, 1.82) is 0 Å². The Balaban J connectivity index is 4.55. The van der Waals surface area contributed by atoms with Crippen molar-refractivity contribution in [3.05, 3.63) is 36.5 Å². The number of hydrogen-bond acceptors (Lipinski definition) is 5. The van der Waals surface area contributed by atoms with Crippen molar-refractivity contribution >= 4 is 11.9 Å². The van der Waals surface area contributed by atoms with Crippen molar-refractivity contribution in [3.63, 3.8) is 0 Å². The average Bonchev–Trinajstić information content (AvgIpc) is 3.23. The van der Waals surface area contributed by atoms with Crippen molar-refractivity contribution < 1.29 is 24.5 Å². The Labute approximate surface area is 366 Å². The SMILES string of the molecule is CCCCC/C=C\C/C=C\C/C=C\CCCCC(CC(=O)NC(CO)C(O)CCCCCCCCCCCCCCCCCC)OC(=O)CCCCCCCCCCC. The van der Waals surface area contributed by atoms with Gasteiger partial charge in [-0.1, -0.05) is 224 Å². The predicted octanol–water partition coefficient (Wildman–Crippen LogP) is 15.3. The van der Waals surface area contributed by atoms with Gasteiger partial charge < -0.3 is 20.3 Å². The van der Waals surface area contributed by atoms with E-state index in [1.54, 1.807) is 0 Å². The summed E-state index contributed by atoms with van der Waals surface area (Å²) >= 11 is 0. The van der Waals surface area contributed by atoms with Crippen molar-refractivity contribution in [2.75, 3.05) is 6.61 Å². The van der Waals surface area contributed by atoms with Gasteiger partial charge in [0.2, 0.25) is 5.91 Å². The molecule has 0 rings (SSSR count). The number of unbranched alkanes of at least 4 members (excludes halogenated alkanes) is 28. The molecule has 0 aromatic rings. The van der Waals surface area contributed by atoms with Crippen LogP contribution < -0.4 is 5.32 Å². The van der Waals surface area contributed by atoms with Gasteiger partial charge >= 0.3 is 5.97 Å². The number of carbonyl (C=O) groups excluding carboxylic acids is 2. The molecule has 0 aromatic carbocycles. The number of aliphatic hydroxyl groups excluding tert-OH is 2. The van der Waals surface area contributed by atoms with Gasteiger partial charge in [0.05, 0.1) is 25.2 Å². The number of nitrogens with one attached hydrogen (secondary N) is 1. The van der Waals surface area contributed by atoms with Gasteiger partial charge in [0.25, 0.3) is 0 Å².